The van der Waals surface area contributed by atoms with Gasteiger partial charge in [-0.1, -0.05) is 0 Å². The molecule has 1 atom stereocenters. The first-order chi connectivity index (χ1) is 9.09. The van der Waals surface area contributed by atoms with E-state index in [2.05, 4.69) is 28.8 Å². The number of hydrogen-bond acceptors (Lipinski definition) is 4. The molecule has 0 amide bonds. The van der Waals surface area contributed by atoms with E-state index in [9.17, 15) is 0 Å². The van der Waals surface area contributed by atoms with Gasteiger partial charge in [0.15, 0.2) is 0 Å². The number of nitrogens with zero attached hydrogens (tertiary/aromatic N) is 3. The first-order valence-corrected chi connectivity index (χ1v) is 7.08. The van der Waals surface area contributed by atoms with Gasteiger partial charge in [0.25, 0.3) is 0 Å². The summed E-state index contributed by atoms with van der Waals surface area (Å²) in [6, 6.07) is 0.529. The second-order valence-corrected chi connectivity index (χ2v) is 5.62. The van der Waals surface area contributed by atoms with E-state index in [0.29, 0.717) is 6.04 Å². The topological polar surface area (TPSA) is 42.3 Å². The van der Waals surface area contributed by atoms with Gasteiger partial charge in [-0.05, 0) is 25.7 Å². The van der Waals surface area contributed by atoms with Crippen LogP contribution in [-0.2, 0) is 18.3 Å². The SMILES string of the molecule is CC(NCc1cnc(N(C)C)n1C)C1CCOCC1. The van der Waals surface area contributed by atoms with Crippen LogP contribution < -0.4 is 10.2 Å². The molecule has 0 spiro atoms. The van der Waals surface area contributed by atoms with E-state index < -0.39 is 0 Å². The van der Waals surface area contributed by atoms with Crippen LogP contribution in [0.3, 0.4) is 0 Å². The fraction of sp³-hybridized carbons (Fsp3) is 0.786. The van der Waals surface area contributed by atoms with E-state index in [1.165, 1.54) is 18.5 Å². The van der Waals surface area contributed by atoms with Crippen molar-refractivity contribution in [1.82, 2.24) is 14.9 Å². The highest BCUT2D eigenvalue weighted by molar-refractivity contribution is 5.30. The zero-order valence-corrected chi connectivity index (χ0v) is 12.5. The highest BCUT2D eigenvalue weighted by Gasteiger charge is 2.20. The summed E-state index contributed by atoms with van der Waals surface area (Å²) in [5, 5.41) is 3.63. The zero-order valence-electron chi connectivity index (χ0n) is 12.5. The van der Waals surface area contributed by atoms with Gasteiger partial charge in [0.2, 0.25) is 5.95 Å². The maximum absolute atomic E-state index is 5.41. The Morgan fingerprint density at radius 2 is 2.16 bits per heavy atom. The molecule has 1 aliphatic rings. The van der Waals surface area contributed by atoms with Crippen LogP contribution in [0.15, 0.2) is 6.20 Å². The number of aromatic nitrogens is 2. The molecule has 1 aliphatic heterocycles. The van der Waals surface area contributed by atoms with E-state index in [4.69, 9.17) is 4.74 Å². The predicted octanol–water partition coefficient (Wildman–Crippen LogP) is 1.39. The third kappa shape index (κ3) is 3.48. The summed E-state index contributed by atoms with van der Waals surface area (Å²) in [5.41, 5.74) is 1.22. The molecule has 0 radical (unpaired) electrons. The average Bonchev–Trinajstić information content (AvgIpc) is 2.78. The summed E-state index contributed by atoms with van der Waals surface area (Å²) < 4.78 is 7.56. The molecule has 0 aromatic carbocycles. The molecule has 19 heavy (non-hydrogen) atoms. The van der Waals surface area contributed by atoms with Gasteiger partial charge in [-0.3, -0.25) is 0 Å². The first kappa shape index (κ1) is 14.3. The van der Waals surface area contributed by atoms with Crippen LogP contribution >= 0.6 is 0 Å². The van der Waals surface area contributed by atoms with Crippen molar-refractivity contribution in [2.24, 2.45) is 13.0 Å². The van der Waals surface area contributed by atoms with Gasteiger partial charge in [-0.2, -0.15) is 0 Å². The molecule has 5 nitrogen and oxygen atoms in total. The molecule has 1 aromatic heterocycles. The smallest absolute Gasteiger partial charge is 0.204 e. The Labute approximate surface area is 116 Å². The van der Waals surface area contributed by atoms with Crippen molar-refractivity contribution in [2.75, 3.05) is 32.2 Å². The number of hydrogen-bond donors (Lipinski definition) is 1. The van der Waals surface area contributed by atoms with Gasteiger partial charge < -0.3 is 19.5 Å². The van der Waals surface area contributed by atoms with E-state index in [1.54, 1.807) is 0 Å². The number of nitrogens with one attached hydrogen (secondary N) is 1. The van der Waals surface area contributed by atoms with Crippen molar-refractivity contribution in [3.05, 3.63) is 11.9 Å². The van der Waals surface area contributed by atoms with Gasteiger partial charge >= 0.3 is 0 Å². The van der Waals surface area contributed by atoms with Crippen molar-refractivity contribution >= 4 is 5.95 Å². The number of ether oxygens (including phenoxy) is 1. The van der Waals surface area contributed by atoms with Crippen molar-refractivity contribution in [1.29, 1.82) is 0 Å². The molecule has 1 unspecified atom stereocenters. The summed E-state index contributed by atoms with van der Waals surface area (Å²) >= 11 is 0. The van der Waals surface area contributed by atoms with Gasteiger partial charge in [-0.15, -0.1) is 0 Å². The molecule has 0 bridgehead atoms. The Morgan fingerprint density at radius 3 is 2.74 bits per heavy atom. The van der Waals surface area contributed by atoms with Crippen molar-refractivity contribution in [3.8, 4) is 0 Å². The molecule has 2 rings (SSSR count). The first-order valence-electron chi connectivity index (χ1n) is 7.08. The van der Waals surface area contributed by atoms with Crippen LogP contribution in [0.25, 0.3) is 0 Å². The lowest BCUT2D eigenvalue weighted by atomic mass is 9.93. The quantitative estimate of drug-likeness (QED) is 0.874. The summed E-state index contributed by atoms with van der Waals surface area (Å²) in [5.74, 6) is 1.73. The van der Waals surface area contributed by atoms with Gasteiger partial charge in [0.1, 0.15) is 0 Å². The minimum absolute atomic E-state index is 0.529. The van der Waals surface area contributed by atoms with Crippen molar-refractivity contribution in [2.45, 2.75) is 32.4 Å². The lowest BCUT2D eigenvalue weighted by molar-refractivity contribution is 0.0557. The minimum Gasteiger partial charge on any atom is -0.381 e. The molecule has 1 fully saturated rings. The Kier molecular flexibility index (Phi) is 4.82. The maximum atomic E-state index is 5.41. The molecule has 1 N–H and O–H groups in total. The Balaban J connectivity index is 1.87. The highest BCUT2D eigenvalue weighted by Crippen LogP contribution is 2.19. The van der Waals surface area contributed by atoms with Crippen LogP contribution in [0.2, 0.25) is 0 Å². The molecule has 5 heteroatoms. The molecular formula is C14H26N4O. The monoisotopic (exact) mass is 266 g/mol. The van der Waals surface area contributed by atoms with Gasteiger partial charge in [0.05, 0.1) is 11.9 Å². The van der Waals surface area contributed by atoms with Gasteiger partial charge in [0, 0.05) is 46.9 Å². The Morgan fingerprint density at radius 1 is 1.47 bits per heavy atom. The van der Waals surface area contributed by atoms with Gasteiger partial charge in [-0.25, -0.2) is 4.98 Å². The van der Waals surface area contributed by atoms with Crippen LogP contribution in [0, 0.1) is 5.92 Å². The third-order valence-corrected chi connectivity index (χ3v) is 4.04. The number of rotatable bonds is 5. The summed E-state index contributed by atoms with van der Waals surface area (Å²) in [6.07, 6.45) is 4.30. The van der Waals surface area contributed by atoms with Crippen molar-refractivity contribution in [3.63, 3.8) is 0 Å². The Hall–Kier alpha value is -1.07. The molecular weight excluding hydrogens is 240 g/mol. The molecule has 1 aromatic rings. The van der Waals surface area contributed by atoms with Crippen LogP contribution in [0.4, 0.5) is 5.95 Å². The van der Waals surface area contributed by atoms with Crippen LogP contribution in [0.5, 0.6) is 0 Å². The lowest BCUT2D eigenvalue weighted by Crippen LogP contribution is -2.36. The molecule has 0 saturated carbocycles. The largest absolute Gasteiger partial charge is 0.381 e. The maximum Gasteiger partial charge on any atom is 0.204 e. The van der Waals surface area contributed by atoms with Crippen LogP contribution in [-0.4, -0.2) is 42.9 Å². The van der Waals surface area contributed by atoms with E-state index in [0.717, 1.165) is 31.6 Å². The second kappa shape index (κ2) is 6.39. The normalized spacial score (nSPS) is 18.5. The average molecular weight is 266 g/mol. The predicted molar refractivity (Wildman–Crippen MR) is 77.4 cm³/mol. The molecule has 2 heterocycles. The fourth-order valence-corrected chi connectivity index (χ4v) is 2.66. The zero-order chi connectivity index (χ0) is 13.8. The summed E-state index contributed by atoms with van der Waals surface area (Å²) in [7, 11) is 6.10. The lowest BCUT2D eigenvalue weighted by Gasteiger charge is -2.28. The minimum atomic E-state index is 0.529. The fourth-order valence-electron chi connectivity index (χ4n) is 2.66. The van der Waals surface area contributed by atoms with E-state index >= 15 is 0 Å². The second-order valence-electron chi connectivity index (χ2n) is 5.62. The van der Waals surface area contributed by atoms with Crippen LogP contribution in [0.1, 0.15) is 25.5 Å². The molecule has 0 aliphatic carbocycles. The van der Waals surface area contributed by atoms with E-state index in [1.807, 2.05) is 25.2 Å². The highest BCUT2D eigenvalue weighted by atomic mass is 16.5. The standard InChI is InChI=1S/C14H26N4O/c1-11(12-5-7-19-8-6-12)15-9-13-10-16-14(17(2)3)18(13)4/h10-12,15H,5-9H2,1-4H3. The molecule has 1 saturated heterocycles. The van der Waals surface area contributed by atoms with Crippen molar-refractivity contribution < 1.29 is 4.74 Å². The third-order valence-electron chi connectivity index (χ3n) is 4.04. The summed E-state index contributed by atoms with van der Waals surface area (Å²) in [4.78, 5) is 6.47. The van der Waals surface area contributed by atoms with E-state index in [-0.39, 0.29) is 0 Å². The number of imidazole rings is 1. The number of anilines is 1. The molecule has 108 valence electrons. The Bertz CT molecular complexity index is 396. The summed E-state index contributed by atoms with van der Waals surface area (Å²) in [6.45, 7) is 4.97.